The van der Waals surface area contributed by atoms with Gasteiger partial charge in [-0.2, -0.15) is 4.98 Å². The number of sulfonamides is 1. The Morgan fingerprint density at radius 1 is 1.16 bits per heavy atom. The summed E-state index contributed by atoms with van der Waals surface area (Å²) in [4.78, 5) is 20.8. The molecule has 164 valence electrons. The largest absolute Gasteiger partial charge is 0.437 e. The summed E-state index contributed by atoms with van der Waals surface area (Å²) in [6.45, 7) is 5.29. The maximum absolute atomic E-state index is 12.3. The number of para-hydroxylation sites is 1. The van der Waals surface area contributed by atoms with Crippen LogP contribution in [-0.2, 0) is 17.1 Å². The van der Waals surface area contributed by atoms with Crippen LogP contribution < -0.4 is 15.0 Å². The Kier molecular flexibility index (Phi) is 6.66. The molecule has 0 radical (unpaired) electrons. The average molecular weight is 463 g/mol. The van der Waals surface area contributed by atoms with E-state index in [1.807, 2.05) is 13.0 Å². The number of pyridine rings is 1. The monoisotopic (exact) mass is 462 g/mol. The molecule has 8 nitrogen and oxygen atoms in total. The number of halogens is 1. The molecule has 3 aromatic rings. The molecule has 0 amide bonds. The number of benzene rings is 1. The molecule has 0 saturated carbocycles. The van der Waals surface area contributed by atoms with E-state index in [2.05, 4.69) is 14.7 Å². The number of rotatable bonds is 7. The Labute approximate surface area is 185 Å². The van der Waals surface area contributed by atoms with Crippen molar-refractivity contribution in [2.24, 2.45) is 7.05 Å². The van der Waals surface area contributed by atoms with Crippen molar-refractivity contribution in [1.82, 2.24) is 14.5 Å². The van der Waals surface area contributed by atoms with Crippen LogP contribution in [0.3, 0.4) is 0 Å². The van der Waals surface area contributed by atoms with Gasteiger partial charge in [-0.15, -0.1) is 0 Å². The number of nitrogens with zero attached hydrogens (tertiary/aromatic N) is 3. The van der Waals surface area contributed by atoms with E-state index in [0.29, 0.717) is 28.3 Å². The Bertz CT molecular complexity index is 1240. The van der Waals surface area contributed by atoms with Gasteiger partial charge in [0.15, 0.2) is 11.6 Å². The second-order valence-electron chi connectivity index (χ2n) is 7.15. The van der Waals surface area contributed by atoms with Crippen molar-refractivity contribution in [3.05, 3.63) is 63.0 Å². The van der Waals surface area contributed by atoms with E-state index in [4.69, 9.17) is 16.3 Å². The third-order valence-corrected chi connectivity index (χ3v) is 6.19. The standard InChI is InChI=1S/C21H23ClN4O4S/c1-5-9-31(28,29)25-17-11-18(30-19-13(2)7-6-8-16(19)22)24-20(23-17)15-10-14(3)21(27)26(4)12-15/h6-8,10-12H,5,9H2,1-4H3,(H,23,24,25). The van der Waals surface area contributed by atoms with Crippen LogP contribution in [0.15, 0.2) is 41.3 Å². The average Bonchev–Trinajstić information content (AvgIpc) is 2.68. The third kappa shape index (κ3) is 5.42. The molecule has 1 aromatic carbocycles. The highest BCUT2D eigenvalue weighted by molar-refractivity contribution is 7.92. The van der Waals surface area contributed by atoms with Crippen LogP contribution >= 0.6 is 11.6 Å². The first-order valence-electron chi connectivity index (χ1n) is 9.60. The molecule has 2 heterocycles. The zero-order chi connectivity index (χ0) is 22.8. The van der Waals surface area contributed by atoms with Crippen molar-refractivity contribution in [1.29, 1.82) is 0 Å². The second-order valence-corrected chi connectivity index (χ2v) is 9.40. The molecular weight excluding hydrogens is 440 g/mol. The SMILES string of the molecule is CCCS(=O)(=O)Nc1cc(Oc2c(C)cccc2Cl)nc(-c2cc(C)c(=O)n(C)c2)n1. The molecule has 0 spiro atoms. The van der Waals surface area contributed by atoms with Gasteiger partial charge in [0.25, 0.3) is 5.56 Å². The Balaban J connectivity index is 2.13. The minimum absolute atomic E-state index is 0.0505. The Morgan fingerprint density at radius 3 is 2.55 bits per heavy atom. The van der Waals surface area contributed by atoms with Crippen LogP contribution in [-0.4, -0.2) is 28.7 Å². The van der Waals surface area contributed by atoms with Crippen LogP contribution in [0.1, 0.15) is 24.5 Å². The molecule has 0 saturated heterocycles. The van der Waals surface area contributed by atoms with Crippen molar-refractivity contribution in [2.45, 2.75) is 27.2 Å². The maximum atomic E-state index is 12.3. The van der Waals surface area contributed by atoms with E-state index < -0.39 is 10.0 Å². The van der Waals surface area contributed by atoms with E-state index in [1.54, 1.807) is 45.3 Å². The van der Waals surface area contributed by atoms with Gasteiger partial charge in [-0.3, -0.25) is 9.52 Å². The number of ether oxygens (including phenoxy) is 1. The number of nitrogens with one attached hydrogen (secondary N) is 1. The smallest absolute Gasteiger partial charge is 0.253 e. The lowest BCUT2D eigenvalue weighted by molar-refractivity contribution is 0.459. The molecule has 0 aliphatic carbocycles. The van der Waals surface area contributed by atoms with Gasteiger partial charge in [-0.25, -0.2) is 13.4 Å². The minimum Gasteiger partial charge on any atom is -0.437 e. The second kappa shape index (κ2) is 9.07. The highest BCUT2D eigenvalue weighted by Crippen LogP contribution is 2.33. The highest BCUT2D eigenvalue weighted by atomic mass is 35.5. The van der Waals surface area contributed by atoms with E-state index in [-0.39, 0.29) is 28.8 Å². The summed E-state index contributed by atoms with van der Waals surface area (Å²) in [6.07, 6.45) is 2.04. The van der Waals surface area contributed by atoms with E-state index >= 15 is 0 Å². The van der Waals surface area contributed by atoms with Gasteiger partial charge in [0, 0.05) is 30.4 Å². The first-order valence-corrected chi connectivity index (χ1v) is 11.6. The molecule has 0 bridgehead atoms. The fraction of sp³-hybridized carbons (Fsp3) is 0.286. The van der Waals surface area contributed by atoms with Gasteiger partial charge >= 0.3 is 0 Å². The summed E-state index contributed by atoms with van der Waals surface area (Å²) in [7, 11) is -1.97. The zero-order valence-electron chi connectivity index (χ0n) is 17.6. The predicted octanol–water partition coefficient (Wildman–Crippen LogP) is 4.06. The molecule has 31 heavy (non-hydrogen) atoms. The summed E-state index contributed by atoms with van der Waals surface area (Å²) >= 11 is 6.26. The number of aryl methyl sites for hydroxylation is 3. The summed E-state index contributed by atoms with van der Waals surface area (Å²) in [5.74, 6) is 0.736. The van der Waals surface area contributed by atoms with Crippen molar-refractivity contribution >= 4 is 27.4 Å². The Morgan fingerprint density at radius 2 is 1.90 bits per heavy atom. The van der Waals surface area contributed by atoms with E-state index in [0.717, 1.165) is 5.56 Å². The van der Waals surface area contributed by atoms with Crippen LogP contribution in [0.4, 0.5) is 5.82 Å². The summed E-state index contributed by atoms with van der Waals surface area (Å²) in [6, 6.07) is 8.37. The highest BCUT2D eigenvalue weighted by Gasteiger charge is 2.16. The van der Waals surface area contributed by atoms with Crippen LogP contribution in [0.25, 0.3) is 11.4 Å². The lowest BCUT2D eigenvalue weighted by Gasteiger charge is -2.13. The Hall–Kier alpha value is -2.91. The molecule has 0 aliphatic heterocycles. The molecule has 2 aromatic heterocycles. The lowest BCUT2D eigenvalue weighted by Crippen LogP contribution is -2.19. The molecule has 0 fully saturated rings. The third-order valence-electron chi connectivity index (χ3n) is 4.43. The molecule has 1 N–H and O–H groups in total. The first kappa shape index (κ1) is 22.8. The quantitative estimate of drug-likeness (QED) is 0.568. The summed E-state index contributed by atoms with van der Waals surface area (Å²) in [5, 5.41) is 0.395. The number of hydrogen-bond acceptors (Lipinski definition) is 6. The van der Waals surface area contributed by atoms with Gasteiger partial charge in [0.2, 0.25) is 15.9 Å². The van der Waals surface area contributed by atoms with Crippen molar-refractivity contribution in [3.8, 4) is 23.0 Å². The number of aromatic nitrogens is 3. The normalized spacial score (nSPS) is 11.4. The summed E-state index contributed by atoms with van der Waals surface area (Å²) < 4.78 is 34.4. The van der Waals surface area contributed by atoms with Crippen LogP contribution in [0.5, 0.6) is 11.6 Å². The van der Waals surface area contributed by atoms with Crippen LogP contribution in [0, 0.1) is 13.8 Å². The van der Waals surface area contributed by atoms with Gasteiger partial charge in [0.1, 0.15) is 5.82 Å². The van der Waals surface area contributed by atoms with Crippen LogP contribution in [0.2, 0.25) is 5.02 Å². The van der Waals surface area contributed by atoms with Gasteiger partial charge in [-0.05, 0) is 38.0 Å². The number of hydrogen-bond donors (Lipinski definition) is 1. The number of anilines is 1. The van der Waals surface area contributed by atoms with Crippen molar-refractivity contribution < 1.29 is 13.2 Å². The molecule has 0 aliphatic rings. The summed E-state index contributed by atoms with van der Waals surface area (Å²) in [5.41, 5.74) is 1.69. The molecule has 0 atom stereocenters. The topological polar surface area (TPSA) is 103 Å². The van der Waals surface area contributed by atoms with Gasteiger partial charge < -0.3 is 9.30 Å². The first-order chi connectivity index (χ1) is 14.6. The minimum atomic E-state index is -3.59. The molecular formula is C21H23ClN4O4S. The molecule has 0 unspecified atom stereocenters. The molecule has 10 heteroatoms. The lowest BCUT2D eigenvalue weighted by atomic mass is 10.2. The maximum Gasteiger partial charge on any atom is 0.253 e. The van der Waals surface area contributed by atoms with Gasteiger partial charge in [0.05, 0.1) is 10.8 Å². The van der Waals surface area contributed by atoms with E-state index in [9.17, 15) is 13.2 Å². The zero-order valence-corrected chi connectivity index (χ0v) is 19.2. The predicted molar refractivity (Wildman–Crippen MR) is 121 cm³/mol. The van der Waals surface area contributed by atoms with E-state index in [1.165, 1.54) is 10.6 Å². The van der Waals surface area contributed by atoms with Gasteiger partial charge in [-0.1, -0.05) is 30.7 Å². The fourth-order valence-corrected chi connectivity index (χ4v) is 4.31. The fourth-order valence-electron chi connectivity index (χ4n) is 2.99. The molecule has 3 rings (SSSR count). The van der Waals surface area contributed by atoms with Crippen molar-refractivity contribution in [2.75, 3.05) is 10.5 Å². The van der Waals surface area contributed by atoms with Crippen molar-refractivity contribution in [3.63, 3.8) is 0 Å².